The number of carbonyl (C=O) groups excluding carboxylic acids is 1. The van der Waals surface area contributed by atoms with E-state index in [4.69, 9.17) is 15.6 Å². The van der Waals surface area contributed by atoms with Gasteiger partial charge >= 0.3 is 5.97 Å². The normalized spacial score (nSPS) is 11.7. The summed E-state index contributed by atoms with van der Waals surface area (Å²) in [7, 11) is 0. The Hall–Kier alpha value is -2.08. The minimum atomic E-state index is -1.05. The number of rotatable bonds is 9. The molecular formula is C15H22N2O4. The van der Waals surface area contributed by atoms with Crippen LogP contribution in [0.15, 0.2) is 24.3 Å². The smallest absolute Gasteiger partial charge is 0.326 e. The largest absolute Gasteiger partial charge is 0.484 e. The molecule has 1 aromatic rings. The van der Waals surface area contributed by atoms with E-state index >= 15 is 0 Å². The molecule has 21 heavy (non-hydrogen) atoms. The molecule has 0 aliphatic heterocycles. The zero-order chi connectivity index (χ0) is 15.7. The number of nitrogens with two attached hydrogens (primary N) is 1. The molecule has 1 rings (SSSR count). The quantitative estimate of drug-likeness (QED) is 0.591. The number of aryl methyl sites for hydroxylation is 1. The number of carboxylic acids is 1. The van der Waals surface area contributed by atoms with Gasteiger partial charge in [-0.05, 0) is 44.9 Å². The third kappa shape index (κ3) is 6.76. The predicted molar refractivity (Wildman–Crippen MR) is 79.1 cm³/mol. The van der Waals surface area contributed by atoms with Crippen LogP contribution >= 0.6 is 0 Å². The van der Waals surface area contributed by atoms with E-state index in [-0.39, 0.29) is 6.61 Å². The summed E-state index contributed by atoms with van der Waals surface area (Å²) in [4.78, 5) is 22.8. The summed E-state index contributed by atoms with van der Waals surface area (Å²) in [5.41, 5.74) is 6.46. The number of carbonyl (C=O) groups is 2. The van der Waals surface area contributed by atoms with Crippen molar-refractivity contribution in [3.63, 3.8) is 0 Å². The van der Waals surface area contributed by atoms with Crippen LogP contribution in [0.25, 0.3) is 0 Å². The van der Waals surface area contributed by atoms with Gasteiger partial charge in [-0.2, -0.15) is 0 Å². The van der Waals surface area contributed by atoms with Gasteiger partial charge in [0, 0.05) is 0 Å². The van der Waals surface area contributed by atoms with Crippen molar-refractivity contribution < 1.29 is 19.4 Å². The molecule has 0 heterocycles. The summed E-state index contributed by atoms with van der Waals surface area (Å²) in [6.45, 7) is 2.26. The van der Waals surface area contributed by atoms with Gasteiger partial charge in [0.15, 0.2) is 6.61 Å². The van der Waals surface area contributed by atoms with Gasteiger partial charge in [0.25, 0.3) is 5.91 Å². The van der Waals surface area contributed by atoms with Gasteiger partial charge in [-0.1, -0.05) is 17.7 Å². The Labute approximate surface area is 124 Å². The van der Waals surface area contributed by atoms with Crippen molar-refractivity contribution in [2.24, 2.45) is 5.73 Å². The number of unbranched alkanes of at least 4 members (excludes halogenated alkanes) is 1. The summed E-state index contributed by atoms with van der Waals surface area (Å²) < 4.78 is 5.30. The first-order chi connectivity index (χ1) is 10.0. The highest BCUT2D eigenvalue weighted by Gasteiger charge is 2.19. The van der Waals surface area contributed by atoms with E-state index in [1.165, 1.54) is 0 Å². The van der Waals surface area contributed by atoms with E-state index in [1.807, 2.05) is 19.1 Å². The van der Waals surface area contributed by atoms with E-state index in [1.54, 1.807) is 12.1 Å². The van der Waals surface area contributed by atoms with Gasteiger partial charge < -0.3 is 20.9 Å². The minimum absolute atomic E-state index is 0.205. The Bertz CT molecular complexity index is 459. The first-order valence-electron chi connectivity index (χ1n) is 6.94. The second-order valence-electron chi connectivity index (χ2n) is 4.84. The average molecular weight is 294 g/mol. The van der Waals surface area contributed by atoms with Crippen molar-refractivity contribution in [1.29, 1.82) is 0 Å². The fraction of sp³-hybridized carbons (Fsp3) is 0.467. The summed E-state index contributed by atoms with van der Waals surface area (Å²) in [6, 6.07) is 6.38. The lowest BCUT2D eigenvalue weighted by Crippen LogP contribution is -2.43. The Kier molecular flexibility index (Phi) is 7.25. The highest BCUT2D eigenvalue weighted by atomic mass is 16.5. The van der Waals surface area contributed by atoms with Crippen molar-refractivity contribution >= 4 is 11.9 Å². The Morgan fingerprint density at radius 2 is 1.95 bits per heavy atom. The predicted octanol–water partition coefficient (Wildman–Crippen LogP) is 1.07. The van der Waals surface area contributed by atoms with Crippen LogP contribution in [0.4, 0.5) is 0 Å². The van der Waals surface area contributed by atoms with Gasteiger partial charge in [-0.25, -0.2) is 4.79 Å². The van der Waals surface area contributed by atoms with Crippen LogP contribution in [-0.4, -0.2) is 36.2 Å². The highest BCUT2D eigenvalue weighted by molar-refractivity contribution is 5.84. The number of hydrogen-bond acceptors (Lipinski definition) is 4. The van der Waals surface area contributed by atoms with Crippen molar-refractivity contribution in [1.82, 2.24) is 5.32 Å². The molecule has 116 valence electrons. The monoisotopic (exact) mass is 294 g/mol. The summed E-state index contributed by atoms with van der Waals surface area (Å²) in [6.07, 6.45) is 1.76. The number of aliphatic carboxylic acids is 1. The molecule has 4 N–H and O–H groups in total. The van der Waals surface area contributed by atoms with Gasteiger partial charge in [0.1, 0.15) is 11.8 Å². The molecule has 0 radical (unpaired) electrons. The molecule has 0 saturated heterocycles. The second kappa shape index (κ2) is 8.97. The molecular weight excluding hydrogens is 272 g/mol. The first-order valence-corrected chi connectivity index (χ1v) is 6.94. The van der Waals surface area contributed by atoms with Crippen LogP contribution in [0, 0.1) is 6.92 Å². The van der Waals surface area contributed by atoms with E-state index < -0.39 is 17.9 Å². The average Bonchev–Trinajstić information content (AvgIpc) is 2.45. The van der Waals surface area contributed by atoms with Crippen molar-refractivity contribution in [2.45, 2.75) is 32.2 Å². The van der Waals surface area contributed by atoms with E-state index in [0.717, 1.165) is 12.0 Å². The van der Waals surface area contributed by atoms with Gasteiger partial charge in [0.2, 0.25) is 0 Å². The number of hydrogen-bond donors (Lipinski definition) is 3. The zero-order valence-electron chi connectivity index (χ0n) is 12.2. The van der Waals surface area contributed by atoms with Crippen LogP contribution < -0.4 is 15.8 Å². The van der Waals surface area contributed by atoms with Crippen LogP contribution in [0.5, 0.6) is 5.75 Å². The number of benzene rings is 1. The van der Waals surface area contributed by atoms with Crippen LogP contribution in [0.3, 0.4) is 0 Å². The van der Waals surface area contributed by atoms with Crippen LogP contribution in [-0.2, 0) is 9.59 Å². The molecule has 6 nitrogen and oxygen atoms in total. The Morgan fingerprint density at radius 3 is 2.52 bits per heavy atom. The fourth-order valence-corrected chi connectivity index (χ4v) is 1.77. The first kappa shape index (κ1) is 17.0. The van der Waals surface area contributed by atoms with Gasteiger partial charge in [-0.3, -0.25) is 4.79 Å². The van der Waals surface area contributed by atoms with Crippen molar-refractivity contribution in [2.75, 3.05) is 13.2 Å². The van der Waals surface area contributed by atoms with Gasteiger partial charge in [-0.15, -0.1) is 0 Å². The van der Waals surface area contributed by atoms with E-state index in [9.17, 15) is 9.59 Å². The molecule has 0 bridgehead atoms. The third-order valence-electron chi connectivity index (χ3n) is 2.97. The lowest BCUT2D eigenvalue weighted by Gasteiger charge is -2.14. The van der Waals surface area contributed by atoms with Gasteiger partial charge in [0.05, 0.1) is 0 Å². The fourth-order valence-electron chi connectivity index (χ4n) is 1.77. The molecule has 0 fully saturated rings. The molecule has 0 aromatic heterocycles. The molecule has 6 heteroatoms. The maximum absolute atomic E-state index is 11.7. The second-order valence-corrected chi connectivity index (χ2v) is 4.84. The Morgan fingerprint density at radius 1 is 1.29 bits per heavy atom. The molecule has 0 saturated carbocycles. The number of carboxylic acid groups (broad SMARTS) is 1. The molecule has 1 amide bonds. The number of nitrogens with one attached hydrogen (secondary N) is 1. The molecule has 0 aliphatic carbocycles. The molecule has 1 aromatic carbocycles. The molecule has 1 atom stereocenters. The summed E-state index contributed by atoms with van der Waals surface area (Å²) >= 11 is 0. The van der Waals surface area contributed by atoms with Crippen molar-refractivity contribution in [3.05, 3.63) is 29.8 Å². The lowest BCUT2D eigenvalue weighted by atomic mass is 10.1. The molecule has 0 aliphatic rings. The third-order valence-corrected chi connectivity index (χ3v) is 2.97. The number of amides is 1. The van der Waals surface area contributed by atoms with E-state index in [2.05, 4.69) is 5.32 Å². The highest BCUT2D eigenvalue weighted by Crippen LogP contribution is 2.11. The number of ether oxygens (including phenoxy) is 1. The van der Waals surface area contributed by atoms with Crippen LogP contribution in [0.2, 0.25) is 0 Å². The molecule has 0 spiro atoms. The maximum atomic E-state index is 11.7. The SMILES string of the molecule is Cc1ccc(OCC(=O)N[C@@H](CCCCN)C(=O)O)cc1. The topological polar surface area (TPSA) is 102 Å². The molecule has 0 unspecified atom stereocenters. The van der Waals surface area contributed by atoms with Crippen LogP contribution in [0.1, 0.15) is 24.8 Å². The summed E-state index contributed by atoms with van der Waals surface area (Å²) in [5.74, 6) is -0.919. The van der Waals surface area contributed by atoms with E-state index in [0.29, 0.717) is 25.1 Å². The maximum Gasteiger partial charge on any atom is 0.326 e. The Balaban J connectivity index is 2.39. The lowest BCUT2D eigenvalue weighted by molar-refractivity contribution is -0.142. The minimum Gasteiger partial charge on any atom is -0.484 e. The zero-order valence-corrected chi connectivity index (χ0v) is 12.2. The summed E-state index contributed by atoms with van der Waals surface area (Å²) in [5, 5.41) is 11.5. The standard InChI is InChI=1S/C15H22N2O4/c1-11-5-7-12(8-6-11)21-10-14(18)17-13(15(19)20)4-2-3-9-16/h5-8,13H,2-4,9-10,16H2,1H3,(H,17,18)(H,19,20)/t13-/m0/s1. The van der Waals surface area contributed by atoms with Crippen molar-refractivity contribution in [3.8, 4) is 5.75 Å².